The van der Waals surface area contributed by atoms with E-state index in [1.807, 2.05) is 0 Å². The molecule has 0 unspecified atom stereocenters. The third kappa shape index (κ3) is 3.40. The van der Waals surface area contributed by atoms with Gasteiger partial charge in [0.1, 0.15) is 5.54 Å². The highest BCUT2D eigenvalue weighted by Gasteiger charge is 2.34. The van der Waals surface area contributed by atoms with Gasteiger partial charge in [0, 0.05) is 8.59 Å². The molecular formula is C14H14ClIN2O. The van der Waals surface area contributed by atoms with Gasteiger partial charge in [0.15, 0.2) is 0 Å². The molecule has 1 N–H and O–H groups in total. The van der Waals surface area contributed by atoms with Gasteiger partial charge in [-0.2, -0.15) is 5.26 Å². The molecule has 0 saturated heterocycles. The fourth-order valence-electron chi connectivity index (χ4n) is 2.38. The van der Waals surface area contributed by atoms with Gasteiger partial charge in [-0.15, -0.1) is 0 Å². The molecule has 1 aliphatic carbocycles. The van der Waals surface area contributed by atoms with Gasteiger partial charge < -0.3 is 5.32 Å². The zero-order chi connectivity index (χ0) is 13.9. The number of nitrogens with one attached hydrogen (secondary N) is 1. The van der Waals surface area contributed by atoms with Crippen molar-refractivity contribution in [1.29, 1.82) is 5.26 Å². The number of hydrogen-bond donors (Lipinski definition) is 1. The van der Waals surface area contributed by atoms with Crippen molar-refractivity contribution in [3.8, 4) is 6.07 Å². The summed E-state index contributed by atoms with van der Waals surface area (Å²) in [6.45, 7) is 0. The summed E-state index contributed by atoms with van der Waals surface area (Å²) < 4.78 is 0.836. The van der Waals surface area contributed by atoms with Crippen molar-refractivity contribution in [3.63, 3.8) is 0 Å². The van der Waals surface area contributed by atoms with Crippen molar-refractivity contribution in [3.05, 3.63) is 32.4 Å². The fourth-order valence-corrected chi connectivity index (χ4v) is 3.13. The van der Waals surface area contributed by atoms with E-state index in [9.17, 15) is 10.1 Å². The largest absolute Gasteiger partial charge is 0.334 e. The Bertz CT molecular complexity index is 533. The molecule has 0 atom stereocenters. The minimum Gasteiger partial charge on any atom is -0.334 e. The Morgan fingerprint density at radius 1 is 1.37 bits per heavy atom. The van der Waals surface area contributed by atoms with Gasteiger partial charge in [0.25, 0.3) is 5.91 Å². The summed E-state index contributed by atoms with van der Waals surface area (Å²) in [5, 5.41) is 12.8. The van der Waals surface area contributed by atoms with Crippen LogP contribution in [0.15, 0.2) is 18.2 Å². The Morgan fingerprint density at radius 2 is 2.05 bits per heavy atom. The molecule has 100 valence electrons. The third-order valence-electron chi connectivity index (χ3n) is 3.45. The number of hydrogen-bond acceptors (Lipinski definition) is 2. The third-order valence-corrected chi connectivity index (χ3v) is 4.62. The van der Waals surface area contributed by atoms with E-state index < -0.39 is 5.54 Å². The number of halogens is 2. The fraction of sp³-hybridized carbons (Fsp3) is 0.429. The van der Waals surface area contributed by atoms with Crippen LogP contribution in [0, 0.1) is 14.9 Å². The van der Waals surface area contributed by atoms with E-state index in [0.717, 1.165) is 35.7 Å². The first kappa shape index (κ1) is 14.6. The molecule has 0 spiro atoms. The summed E-state index contributed by atoms with van der Waals surface area (Å²) in [7, 11) is 0. The normalized spacial score (nSPS) is 17.5. The van der Waals surface area contributed by atoms with E-state index in [0.29, 0.717) is 10.6 Å². The molecule has 1 aliphatic rings. The van der Waals surface area contributed by atoms with Crippen molar-refractivity contribution >= 4 is 40.1 Å². The molecule has 2 rings (SSSR count). The summed E-state index contributed by atoms with van der Waals surface area (Å²) in [6, 6.07) is 7.48. The Labute approximate surface area is 131 Å². The maximum atomic E-state index is 12.3. The number of amides is 1. The van der Waals surface area contributed by atoms with E-state index in [-0.39, 0.29) is 5.91 Å². The predicted octanol–water partition coefficient (Wildman–Crippen LogP) is 3.90. The minimum absolute atomic E-state index is 0.213. The highest BCUT2D eigenvalue weighted by Crippen LogP contribution is 2.28. The molecule has 1 fully saturated rings. The molecule has 1 amide bonds. The van der Waals surface area contributed by atoms with Gasteiger partial charge in [0.05, 0.1) is 11.6 Å². The van der Waals surface area contributed by atoms with E-state index in [2.05, 4.69) is 34.0 Å². The van der Waals surface area contributed by atoms with Gasteiger partial charge in [-0.25, -0.2) is 0 Å². The van der Waals surface area contributed by atoms with E-state index in [1.165, 1.54) is 0 Å². The zero-order valence-electron chi connectivity index (χ0n) is 10.4. The summed E-state index contributed by atoms with van der Waals surface area (Å²) in [5.41, 5.74) is -0.172. The molecule has 5 heteroatoms. The number of rotatable bonds is 2. The first-order valence-electron chi connectivity index (χ1n) is 6.25. The highest BCUT2D eigenvalue weighted by molar-refractivity contribution is 14.1. The average Bonchev–Trinajstić information content (AvgIpc) is 2.42. The summed E-state index contributed by atoms with van der Waals surface area (Å²) in [6.07, 6.45) is 4.56. The van der Waals surface area contributed by atoms with Gasteiger partial charge in [0.2, 0.25) is 0 Å². The minimum atomic E-state index is -0.708. The molecule has 0 aromatic heterocycles. The lowest BCUT2D eigenvalue weighted by atomic mass is 9.82. The van der Waals surface area contributed by atoms with Gasteiger partial charge in [-0.3, -0.25) is 4.79 Å². The molecule has 3 nitrogen and oxygen atoms in total. The standard InChI is InChI=1S/C14H14ClIN2O/c15-10-4-5-12(16)11(8-10)13(19)18-14(9-17)6-2-1-3-7-14/h4-5,8H,1-3,6-7H2,(H,18,19). The number of carbonyl (C=O) groups excluding carboxylic acids is 1. The molecule has 1 aromatic carbocycles. The predicted molar refractivity (Wildman–Crippen MR) is 83.1 cm³/mol. The second-order valence-electron chi connectivity index (χ2n) is 4.83. The quantitative estimate of drug-likeness (QED) is 0.781. The molecule has 0 heterocycles. The first-order chi connectivity index (χ1) is 9.06. The Balaban J connectivity index is 2.20. The van der Waals surface area contributed by atoms with Crippen molar-refractivity contribution in [2.75, 3.05) is 0 Å². The lowest BCUT2D eigenvalue weighted by Gasteiger charge is -2.31. The van der Waals surface area contributed by atoms with Crippen molar-refractivity contribution < 1.29 is 4.79 Å². The number of carbonyl (C=O) groups is 1. The number of nitriles is 1. The van der Waals surface area contributed by atoms with Crippen LogP contribution in [-0.2, 0) is 0 Å². The topological polar surface area (TPSA) is 52.9 Å². The van der Waals surface area contributed by atoms with Crippen LogP contribution >= 0.6 is 34.2 Å². The summed E-state index contributed by atoms with van der Waals surface area (Å²) in [5.74, 6) is -0.213. The molecule has 1 aromatic rings. The lowest BCUT2D eigenvalue weighted by Crippen LogP contribution is -2.48. The molecule has 1 saturated carbocycles. The SMILES string of the molecule is N#CC1(NC(=O)c2cc(Cl)ccc2I)CCCCC1. The Kier molecular flexibility index (Phi) is 4.69. The van der Waals surface area contributed by atoms with E-state index in [4.69, 9.17) is 11.6 Å². The molecule has 0 bridgehead atoms. The number of benzene rings is 1. The Hall–Kier alpha value is -0.800. The van der Waals surface area contributed by atoms with Crippen molar-refractivity contribution in [1.82, 2.24) is 5.32 Å². The van der Waals surface area contributed by atoms with Crippen LogP contribution in [0.25, 0.3) is 0 Å². The second kappa shape index (κ2) is 6.10. The Morgan fingerprint density at radius 3 is 2.68 bits per heavy atom. The highest BCUT2D eigenvalue weighted by atomic mass is 127. The van der Waals surface area contributed by atoms with Crippen LogP contribution in [-0.4, -0.2) is 11.4 Å². The van der Waals surface area contributed by atoms with Gasteiger partial charge in [-0.05, 0) is 53.6 Å². The maximum Gasteiger partial charge on any atom is 0.253 e. The van der Waals surface area contributed by atoms with E-state index >= 15 is 0 Å². The zero-order valence-corrected chi connectivity index (χ0v) is 13.3. The second-order valence-corrected chi connectivity index (χ2v) is 6.43. The maximum absolute atomic E-state index is 12.3. The van der Waals surface area contributed by atoms with Crippen LogP contribution < -0.4 is 5.32 Å². The summed E-state index contributed by atoms with van der Waals surface area (Å²) in [4.78, 5) is 12.3. The number of nitrogens with zero attached hydrogens (tertiary/aromatic N) is 1. The summed E-state index contributed by atoms with van der Waals surface area (Å²) >= 11 is 8.02. The first-order valence-corrected chi connectivity index (χ1v) is 7.71. The lowest BCUT2D eigenvalue weighted by molar-refractivity contribution is 0.0902. The smallest absolute Gasteiger partial charge is 0.253 e. The van der Waals surface area contributed by atoms with Crippen molar-refractivity contribution in [2.24, 2.45) is 0 Å². The van der Waals surface area contributed by atoms with Crippen LogP contribution in [0.1, 0.15) is 42.5 Å². The molecule has 0 radical (unpaired) electrons. The van der Waals surface area contributed by atoms with Crippen LogP contribution in [0.3, 0.4) is 0 Å². The molecule has 19 heavy (non-hydrogen) atoms. The monoisotopic (exact) mass is 388 g/mol. The van der Waals surface area contributed by atoms with E-state index in [1.54, 1.807) is 18.2 Å². The van der Waals surface area contributed by atoms with Crippen LogP contribution in [0.2, 0.25) is 5.02 Å². The van der Waals surface area contributed by atoms with Crippen LogP contribution in [0.5, 0.6) is 0 Å². The van der Waals surface area contributed by atoms with Gasteiger partial charge >= 0.3 is 0 Å². The van der Waals surface area contributed by atoms with Crippen molar-refractivity contribution in [2.45, 2.75) is 37.6 Å². The molecule has 0 aliphatic heterocycles. The average molecular weight is 389 g/mol. The molecular weight excluding hydrogens is 375 g/mol. The van der Waals surface area contributed by atoms with Gasteiger partial charge in [-0.1, -0.05) is 30.9 Å². The van der Waals surface area contributed by atoms with Crippen LogP contribution in [0.4, 0.5) is 0 Å².